The fourth-order valence-electron chi connectivity index (χ4n) is 2.30. The summed E-state index contributed by atoms with van der Waals surface area (Å²) in [7, 11) is 0. The van der Waals surface area contributed by atoms with Gasteiger partial charge >= 0.3 is 0 Å². The lowest BCUT2D eigenvalue weighted by Crippen LogP contribution is -2.39. The van der Waals surface area contributed by atoms with Gasteiger partial charge in [-0.2, -0.15) is 0 Å². The monoisotopic (exact) mass is 330 g/mol. The Morgan fingerprint density at radius 2 is 1.87 bits per heavy atom. The topological polar surface area (TPSA) is 58.2 Å². The first-order valence-electron chi connectivity index (χ1n) is 7.82. The highest BCUT2D eigenvalue weighted by atomic mass is 32.1. The zero-order valence-electron chi connectivity index (χ0n) is 13.2. The van der Waals surface area contributed by atoms with E-state index in [2.05, 4.69) is 22.8 Å². The number of amides is 2. The summed E-state index contributed by atoms with van der Waals surface area (Å²) in [6.45, 7) is 1.96. The molecule has 1 aromatic heterocycles. The molecule has 0 aliphatic rings. The maximum atomic E-state index is 12.1. The average Bonchev–Trinajstić information content (AvgIpc) is 3.08. The maximum absolute atomic E-state index is 12.1. The predicted octanol–water partition coefficient (Wildman–Crippen LogP) is 3.06. The summed E-state index contributed by atoms with van der Waals surface area (Å²) >= 11 is 1.62. The zero-order valence-corrected chi connectivity index (χ0v) is 14.1. The van der Waals surface area contributed by atoms with Crippen molar-refractivity contribution in [3.8, 4) is 0 Å². The summed E-state index contributed by atoms with van der Waals surface area (Å²) in [5.41, 5.74) is 1.17. The third-order valence-electron chi connectivity index (χ3n) is 3.43. The number of benzene rings is 1. The van der Waals surface area contributed by atoms with E-state index >= 15 is 0 Å². The van der Waals surface area contributed by atoms with Crippen molar-refractivity contribution in [3.63, 3.8) is 0 Å². The van der Waals surface area contributed by atoms with Gasteiger partial charge in [0.1, 0.15) is 0 Å². The molecule has 5 heteroatoms. The van der Waals surface area contributed by atoms with Crippen molar-refractivity contribution in [2.45, 2.75) is 32.2 Å². The fourth-order valence-corrected chi connectivity index (χ4v) is 3.08. The van der Waals surface area contributed by atoms with E-state index in [0.717, 1.165) is 17.7 Å². The van der Waals surface area contributed by atoms with Crippen molar-refractivity contribution in [3.05, 3.63) is 58.3 Å². The molecule has 0 aliphatic carbocycles. The van der Waals surface area contributed by atoms with Crippen LogP contribution in [0, 0.1) is 0 Å². The SMILES string of the molecule is CCCC(=O)NCC(=O)N[C@H](Cc1ccccc1)c1cccs1. The Morgan fingerprint density at radius 3 is 2.52 bits per heavy atom. The predicted molar refractivity (Wildman–Crippen MR) is 93.3 cm³/mol. The van der Waals surface area contributed by atoms with Crippen LogP contribution in [0.15, 0.2) is 47.8 Å². The lowest BCUT2D eigenvalue weighted by molar-refractivity contribution is -0.126. The summed E-state index contributed by atoms with van der Waals surface area (Å²) in [4.78, 5) is 24.7. The van der Waals surface area contributed by atoms with Gasteiger partial charge in [0.15, 0.2) is 0 Å². The average molecular weight is 330 g/mol. The molecule has 2 rings (SSSR count). The summed E-state index contributed by atoms with van der Waals surface area (Å²) in [6.07, 6.45) is 1.96. The Hall–Kier alpha value is -2.14. The van der Waals surface area contributed by atoms with Gasteiger partial charge in [0.25, 0.3) is 0 Å². The van der Waals surface area contributed by atoms with Gasteiger partial charge in [-0.1, -0.05) is 43.3 Å². The minimum atomic E-state index is -0.163. The molecule has 0 spiro atoms. The quantitative estimate of drug-likeness (QED) is 0.781. The van der Waals surface area contributed by atoms with Crippen LogP contribution in [0.2, 0.25) is 0 Å². The van der Waals surface area contributed by atoms with Gasteiger partial charge in [-0.3, -0.25) is 9.59 Å². The van der Waals surface area contributed by atoms with E-state index in [0.29, 0.717) is 6.42 Å². The molecule has 0 bridgehead atoms. The number of carbonyl (C=O) groups is 2. The van der Waals surface area contributed by atoms with E-state index in [1.54, 1.807) is 11.3 Å². The summed E-state index contributed by atoms with van der Waals surface area (Å²) < 4.78 is 0. The van der Waals surface area contributed by atoms with Crippen LogP contribution in [-0.2, 0) is 16.0 Å². The molecular formula is C18H22N2O2S. The Labute approximate surface area is 140 Å². The molecule has 0 saturated heterocycles. The van der Waals surface area contributed by atoms with Crippen molar-refractivity contribution in [2.75, 3.05) is 6.54 Å². The summed E-state index contributed by atoms with van der Waals surface area (Å²) in [6, 6.07) is 14.0. The maximum Gasteiger partial charge on any atom is 0.239 e. The number of hydrogen-bond acceptors (Lipinski definition) is 3. The molecule has 4 nitrogen and oxygen atoms in total. The van der Waals surface area contributed by atoms with Gasteiger partial charge < -0.3 is 10.6 Å². The molecule has 1 atom stereocenters. The van der Waals surface area contributed by atoms with Crippen molar-refractivity contribution in [2.24, 2.45) is 0 Å². The number of thiophene rings is 1. The second-order valence-corrected chi connectivity index (χ2v) is 6.33. The van der Waals surface area contributed by atoms with Crippen molar-refractivity contribution in [1.82, 2.24) is 10.6 Å². The Morgan fingerprint density at radius 1 is 1.09 bits per heavy atom. The normalized spacial score (nSPS) is 11.7. The van der Waals surface area contributed by atoms with E-state index in [-0.39, 0.29) is 24.4 Å². The van der Waals surface area contributed by atoms with Gasteiger partial charge in [0.05, 0.1) is 12.6 Å². The lowest BCUT2D eigenvalue weighted by atomic mass is 10.0. The third-order valence-corrected chi connectivity index (χ3v) is 4.41. The number of carbonyl (C=O) groups excluding carboxylic acids is 2. The first kappa shape index (κ1) is 17.2. The molecule has 23 heavy (non-hydrogen) atoms. The van der Waals surface area contributed by atoms with Crippen molar-refractivity contribution >= 4 is 23.2 Å². The highest BCUT2D eigenvalue weighted by molar-refractivity contribution is 7.10. The fraction of sp³-hybridized carbons (Fsp3) is 0.333. The third kappa shape index (κ3) is 5.87. The van der Waals surface area contributed by atoms with Crippen LogP contribution in [0.25, 0.3) is 0 Å². The molecule has 1 heterocycles. The first-order valence-corrected chi connectivity index (χ1v) is 8.70. The highest BCUT2D eigenvalue weighted by Crippen LogP contribution is 2.22. The molecule has 2 amide bonds. The summed E-state index contributed by atoms with van der Waals surface area (Å²) in [5.74, 6) is -0.248. The number of rotatable bonds is 8. The van der Waals surface area contributed by atoms with E-state index < -0.39 is 0 Å². The number of nitrogens with one attached hydrogen (secondary N) is 2. The van der Waals surface area contributed by atoms with Crippen LogP contribution in [0.1, 0.15) is 36.2 Å². The van der Waals surface area contributed by atoms with E-state index in [9.17, 15) is 9.59 Å². The van der Waals surface area contributed by atoms with Gasteiger partial charge in [-0.15, -0.1) is 11.3 Å². The smallest absolute Gasteiger partial charge is 0.239 e. The van der Waals surface area contributed by atoms with Crippen LogP contribution in [-0.4, -0.2) is 18.4 Å². The van der Waals surface area contributed by atoms with E-state index in [1.807, 2.05) is 42.6 Å². The van der Waals surface area contributed by atoms with Crippen molar-refractivity contribution < 1.29 is 9.59 Å². The second kappa shape index (κ2) is 9.10. The molecule has 2 N–H and O–H groups in total. The minimum Gasteiger partial charge on any atom is -0.347 e. The molecule has 0 unspecified atom stereocenters. The standard InChI is InChI=1S/C18H22N2O2S/c1-2-7-17(21)19-13-18(22)20-15(16-10-6-11-23-16)12-14-8-4-3-5-9-14/h3-6,8-11,15H,2,7,12-13H2,1H3,(H,19,21)(H,20,22)/t15-/m1/s1. The molecule has 122 valence electrons. The molecule has 0 saturated carbocycles. The van der Waals surface area contributed by atoms with Gasteiger partial charge in [0.2, 0.25) is 11.8 Å². The van der Waals surface area contributed by atoms with Crippen LogP contribution in [0.4, 0.5) is 0 Å². The Balaban J connectivity index is 1.95. The highest BCUT2D eigenvalue weighted by Gasteiger charge is 2.16. The molecule has 1 aromatic carbocycles. The van der Waals surface area contributed by atoms with Crippen LogP contribution >= 0.6 is 11.3 Å². The number of hydrogen-bond donors (Lipinski definition) is 2. The molecule has 2 aromatic rings. The van der Waals surface area contributed by atoms with E-state index in [4.69, 9.17) is 0 Å². The van der Waals surface area contributed by atoms with Gasteiger partial charge in [0, 0.05) is 11.3 Å². The molecular weight excluding hydrogens is 308 g/mol. The summed E-state index contributed by atoms with van der Waals surface area (Å²) in [5, 5.41) is 7.67. The first-order chi connectivity index (χ1) is 11.2. The molecule has 0 aliphatic heterocycles. The van der Waals surface area contributed by atoms with Crippen LogP contribution in [0.3, 0.4) is 0 Å². The van der Waals surface area contributed by atoms with Crippen LogP contribution in [0.5, 0.6) is 0 Å². The molecule has 0 fully saturated rings. The van der Waals surface area contributed by atoms with E-state index in [1.165, 1.54) is 5.56 Å². The van der Waals surface area contributed by atoms with Gasteiger partial charge in [-0.25, -0.2) is 0 Å². The van der Waals surface area contributed by atoms with Crippen LogP contribution < -0.4 is 10.6 Å². The molecule has 0 radical (unpaired) electrons. The van der Waals surface area contributed by atoms with Crippen molar-refractivity contribution in [1.29, 1.82) is 0 Å². The minimum absolute atomic E-state index is 0.0233. The van der Waals surface area contributed by atoms with Gasteiger partial charge in [-0.05, 0) is 29.9 Å². The Kier molecular flexibility index (Phi) is 6.81. The largest absolute Gasteiger partial charge is 0.347 e. The lowest BCUT2D eigenvalue weighted by Gasteiger charge is -2.18. The Bertz CT molecular complexity index is 611. The second-order valence-electron chi connectivity index (χ2n) is 5.35. The zero-order chi connectivity index (χ0) is 16.5.